The zero-order chi connectivity index (χ0) is 35.1. The molecule has 13 heteroatoms. The highest BCUT2D eigenvalue weighted by molar-refractivity contribution is 5.95. The van der Waals surface area contributed by atoms with Gasteiger partial charge >= 0.3 is 6.09 Å². The minimum absolute atomic E-state index is 0.0517. The third-order valence-electron chi connectivity index (χ3n) is 6.71. The van der Waals surface area contributed by atoms with Gasteiger partial charge in [-0.05, 0) is 49.6 Å². The minimum Gasteiger partial charge on any atom is -0.489 e. The Morgan fingerprint density at radius 2 is 1.21 bits per heavy atom. The zero-order valence-electron chi connectivity index (χ0n) is 27.3. The lowest BCUT2D eigenvalue weighted by atomic mass is 10.0. The molecule has 256 valence electrons. The van der Waals surface area contributed by atoms with Crippen molar-refractivity contribution in [2.75, 3.05) is 6.61 Å². The van der Waals surface area contributed by atoms with Gasteiger partial charge in [0.2, 0.25) is 23.6 Å². The maximum Gasteiger partial charge on any atom is 0.408 e. The van der Waals surface area contributed by atoms with Crippen molar-refractivity contribution < 1.29 is 38.2 Å². The molecule has 7 N–H and O–H groups in total. The first-order valence-electron chi connectivity index (χ1n) is 15.3. The first-order chi connectivity index (χ1) is 22.8. The maximum absolute atomic E-state index is 13.5. The summed E-state index contributed by atoms with van der Waals surface area (Å²) in [7, 11) is 0. The molecule has 3 atom stereocenters. The highest BCUT2D eigenvalue weighted by atomic mass is 16.6. The van der Waals surface area contributed by atoms with Gasteiger partial charge in [-0.15, -0.1) is 0 Å². The fourth-order valence-corrected chi connectivity index (χ4v) is 4.38. The Labute approximate surface area is 279 Å². The van der Waals surface area contributed by atoms with Crippen LogP contribution in [-0.4, -0.2) is 60.1 Å². The van der Waals surface area contributed by atoms with Gasteiger partial charge in [0.15, 0.2) is 0 Å². The highest BCUT2D eigenvalue weighted by Crippen LogP contribution is 2.16. The van der Waals surface area contributed by atoms with E-state index in [-0.39, 0.29) is 19.6 Å². The van der Waals surface area contributed by atoms with E-state index < -0.39 is 59.9 Å². The summed E-state index contributed by atoms with van der Waals surface area (Å²) in [6.07, 6.45) is -1.48. The fourth-order valence-electron chi connectivity index (χ4n) is 4.38. The summed E-state index contributed by atoms with van der Waals surface area (Å²) in [6, 6.07) is 21.8. The average Bonchev–Trinajstić information content (AvgIpc) is 3.03. The van der Waals surface area contributed by atoms with Crippen LogP contribution >= 0.6 is 0 Å². The third kappa shape index (κ3) is 13.5. The lowest BCUT2D eigenvalue weighted by Crippen LogP contribution is -2.58. The van der Waals surface area contributed by atoms with Crippen LogP contribution in [0.4, 0.5) is 4.79 Å². The van der Waals surface area contributed by atoms with Gasteiger partial charge in [-0.3, -0.25) is 19.2 Å². The molecule has 0 aliphatic carbocycles. The van der Waals surface area contributed by atoms with E-state index in [1.807, 2.05) is 60.7 Å². The molecule has 0 radical (unpaired) electrons. The molecule has 0 fully saturated rings. The van der Waals surface area contributed by atoms with Gasteiger partial charge in [-0.2, -0.15) is 0 Å². The molecule has 0 heterocycles. The number of carbonyl (C=O) groups excluding carboxylic acids is 5. The molecule has 0 aliphatic heterocycles. The lowest BCUT2D eigenvalue weighted by molar-refractivity contribution is -0.134. The number of ether oxygens (including phenoxy) is 3. The molecule has 3 rings (SSSR count). The van der Waals surface area contributed by atoms with Crippen molar-refractivity contribution in [3.63, 3.8) is 0 Å². The summed E-state index contributed by atoms with van der Waals surface area (Å²) in [6.45, 7) is 5.06. The second-order valence-corrected chi connectivity index (χ2v) is 12.0. The fraction of sp³-hybridized carbons (Fsp3) is 0.343. The SMILES string of the molecule is CC(C)(C)OC(=O)N[C@H](CC(N)=O)C(=O)N[C@@H](COCc1ccccc1)C(=O)N[C@H](Cc1ccc(OCc2ccccc2)cc1)C(N)=O. The molecule has 48 heavy (non-hydrogen) atoms. The first-order valence-corrected chi connectivity index (χ1v) is 15.3. The average molecular weight is 662 g/mol. The smallest absolute Gasteiger partial charge is 0.408 e. The van der Waals surface area contributed by atoms with Gasteiger partial charge in [0, 0.05) is 6.42 Å². The minimum atomic E-state index is -1.46. The zero-order valence-corrected chi connectivity index (χ0v) is 27.3. The number of hydrogen-bond donors (Lipinski definition) is 5. The van der Waals surface area contributed by atoms with E-state index in [1.54, 1.807) is 45.0 Å². The van der Waals surface area contributed by atoms with Crippen molar-refractivity contribution in [2.24, 2.45) is 11.5 Å². The summed E-state index contributed by atoms with van der Waals surface area (Å²) in [5, 5.41) is 7.40. The molecule has 0 bridgehead atoms. The quantitative estimate of drug-likeness (QED) is 0.145. The second kappa shape index (κ2) is 18.0. The summed E-state index contributed by atoms with van der Waals surface area (Å²) in [5.41, 5.74) is 12.6. The summed E-state index contributed by atoms with van der Waals surface area (Å²) >= 11 is 0. The molecule has 0 saturated heterocycles. The molecule has 5 amide bonds. The van der Waals surface area contributed by atoms with Crippen LogP contribution in [-0.2, 0) is 48.3 Å². The van der Waals surface area contributed by atoms with Gasteiger partial charge in [0.05, 0.1) is 19.6 Å². The Morgan fingerprint density at radius 1 is 0.667 bits per heavy atom. The number of hydrogen-bond acceptors (Lipinski definition) is 8. The third-order valence-corrected chi connectivity index (χ3v) is 6.71. The summed E-state index contributed by atoms with van der Waals surface area (Å²) in [4.78, 5) is 63.4. The Morgan fingerprint density at radius 3 is 1.75 bits per heavy atom. The van der Waals surface area contributed by atoms with Crippen LogP contribution in [0.1, 0.15) is 43.9 Å². The number of rotatable bonds is 17. The lowest BCUT2D eigenvalue weighted by Gasteiger charge is -2.25. The summed E-state index contributed by atoms with van der Waals surface area (Å²) < 4.78 is 16.7. The Bertz CT molecular complexity index is 1510. The van der Waals surface area contributed by atoms with Crippen molar-refractivity contribution in [3.05, 3.63) is 102 Å². The van der Waals surface area contributed by atoms with Gasteiger partial charge in [0.1, 0.15) is 36.1 Å². The Balaban J connectivity index is 1.71. The van der Waals surface area contributed by atoms with Gasteiger partial charge in [0.25, 0.3) is 0 Å². The number of benzene rings is 3. The number of alkyl carbamates (subject to hydrolysis) is 1. The van der Waals surface area contributed by atoms with Crippen molar-refractivity contribution >= 4 is 29.7 Å². The monoisotopic (exact) mass is 661 g/mol. The molecular weight excluding hydrogens is 618 g/mol. The largest absolute Gasteiger partial charge is 0.489 e. The predicted octanol–water partition coefficient (Wildman–Crippen LogP) is 2.25. The molecule has 0 aliphatic rings. The van der Waals surface area contributed by atoms with Crippen molar-refractivity contribution in [3.8, 4) is 5.75 Å². The number of nitrogens with two attached hydrogens (primary N) is 2. The van der Waals surface area contributed by atoms with E-state index in [4.69, 9.17) is 25.7 Å². The van der Waals surface area contributed by atoms with Crippen LogP contribution < -0.4 is 32.2 Å². The van der Waals surface area contributed by atoms with Gasteiger partial charge < -0.3 is 41.6 Å². The van der Waals surface area contributed by atoms with Crippen molar-refractivity contribution in [1.29, 1.82) is 0 Å². The molecule has 3 aromatic rings. The van der Waals surface area contributed by atoms with Crippen molar-refractivity contribution in [1.82, 2.24) is 16.0 Å². The molecule has 3 aromatic carbocycles. The van der Waals surface area contributed by atoms with Crippen LogP contribution in [0.15, 0.2) is 84.9 Å². The maximum atomic E-state index is 13.5. The highest BCUT2D eigenvalue weighted by Gasteiger charge is 2.31. The van der Waals surface area contributed by atoms with E-state index in [2.05, 4.69) is 16.0 Å². The van der Waals surface area contributed by atoms with Gasteiger partial charge in [-0.1, -0.05) is 72.8 Å². The molecule has 0 unspecified atom stereocenters. The Hall–Kier alpha value is -5.43. The summed E-state index contributed by atoms with van der Waals surface area (Å²) in [5.74, 6) is -2.74. The molecular formula is C35H43N5O8. The molecule has 13 nitrogen and oxygen atoms in total. The van der Waals surface area contributed by atoms with Crippen LogP contribution in [0.3, 0.4) is 0 Å². The van der Waals surface area contributed by atoms with Crippen LogP contribution in [0.5, 0.6) is 5.75 Å². The van der Waals surface area contributed by atoms with Crippen LogP contribution in [0.25, 0.3) is 0 Å². The van der Waals surface area contributed by atoms with E-state index in [0.29, 0.717) is 17.9 Å². The number of nitrogens with one attached hydrogen (secondary N) is 3. The predicted molar refractivity (Wildman–Crippen MR) is 177 cm³/mol. The number of carbonyl (C=O) groups is 5. The van der Waals surface area contributed by atoms with E-state index >= 15 is 0 Å². The van der Waals surface area contributed by atoms with E-state index in [9.17, 15) is 24.0 Å². The Kier molecular flexibility index (Phi) is 13.9. The molecule has 0 aromatic heterocycles. The topological polar surface area (TPSA) is 201 Å². The number of primary amides is 2. The van der Waals surface area contributed by atoms with E-state index in [0.717, 1.165) is 11.1 Å². The number of amides is 5. The second-order valence-electron chi connectivity index (χ2n) is 12.0. The first kappa shape index (κ1) is 37.0. The van der Waals surface area contributed by atoms with Crippen LogP contribution in [0.2, 0.25) is 0 Å². The van der Waals surface area contributed by atoms with Gasteiger partial charge in [-0.25, -0.2) is 4.79 Å². The van der Waals surface area contributed by atoms with Crippen LogP contribution in [0, 0.1) is 0 Å². The van der Waals surface area contributed by atoms with E-state index in [1.165, 1.54) is 0 Å². The van der Waals surface area contributed by atoms with Crippen molar-refractivity contribution in [2.45, 2.75) is 70.6 Å². The standard InChI is InChI=1S/C35H43N5O8/c1-35(2,3)48-34(45)40-28(19-30(36)41)32(43)39-29(22-46-20-24-10-6-4-7-11-24)33(44)38-27(31(37)42)18-23-14-16-26(17-15-23)47-21-25-12-8-5-9-13-25/h4-17,27-29H,18-22H2,1-3H3,(H2,36,41)(H2,37,42)(H,38,44)(H,39,43)(H,40,45)/t27-,28-,29+/m1/s1. The normalized spacial score (nSPS) is 12.9. The molecule has 0 saturated carbocycles. The molecule has 0 spiro atoms.